The zero-order valence-electron chi connectivity index (χ0n) is 16.1. The van der Waals surface area contributed by atoms with E-state index in [0.717, 1.165) is 48.8 Å². The van der Waals surface area contributed by atoms with Crippen molar-refractivity contribution in [1.82, 2.24) is 9.88 Å². The summed E-state index contributed by atoms with van der Waals surface area (Å²) < 4.78 is 11.7. The lowest BCUT2D eigenvalue weighted by Crippen LogP contribution is -2.43. The number of halogens is 1. The Labute approximate surface area is 178 Å². The topological polar surface area (TPSA) is 54.9 Å². The fourth-order valence-electron chi connectivity index (χ4n) is 3.24. The molecule has 1 aromatic heterocycles. The van der Waals surface area contributed by atoms with E-state index in [0.29, 0.717) is 22.3 Å². The molecule has 2 aromatic carbocycles. The van der Waals surface area contributed by atoms with Gasteiger partial charge in [-0.05, 0) is 36.4 Å². The summed E-state index contributed by atoms with van der Waals surface area (Å²) in [6.45, 7) is 4.53. The van der Waals surface area contributed by atoms with Gasteiger partial charge in [-0.2, -0.15) is 0 Å². The number of hydrogen-bond acceptors (Lipinski definition) is 6. The molecule has 0 spiro atoms. The Balaban J connectivity index is 1.63. The van der Waals surface area contributed by atoms with Crippen molar-refractivity contribution in [3.05, 3.63) is 53.1 Å². The van der Waals surface area contributed by atoms with E-state index in [1.165, 1.54) is 11.3 Å². The Morgan fingerprint density at radius 2 is 2.00 bits per heavy atom. The average Bonchev–Trinajstić information content (AvgIpc) is 3.17. The second-order valence-electron chi connectivity index (χ2n) is 6.75. The number of carbonyl (C=O) groups is 1. The first-order valence-electron chi connectivity index (χ1n) is 9.46. The number of fused-ring (bicyclic) bond motifs is 1. The van der Waals surface area contributed by atoms with Crippen molar-refractivity contribution in [1.29, 1.82) is 0 Å². The lowest BCUT2D eigenvalue weighted by molar-refractivity contribution is 0.0391. The quantitative estimate of drug-likeness (QED) is 0.591. The van der Waals surface area contributed by atoms with Crippen molar-refractivity contribution in [2.24, 2.45) is 0 Å². The van der Waals surface area contributed by atoms with E-state index in [9.17, 15) is 4.79 Å². The molecule has 2 heterocycles. The normalized spacial score (nSPS) is 14.8. The van der Waals surface area contributed by atoms with Crippen molar-refractivity contribution in [2.45, 2.75) is 0 Å². The third-order valence-electron chi connectivity index (χ3n) is 4.89. The number of morpholine rings is 1. The van der Waals surface area contributed by atoms with Crippen molar-refractivity contribution < 1.29 is 14.3 Å². The molecule has 1 aliphatic rings. The van der Waals surface area contributed by atoms with Crippen molar-refractivity contribution in [2.75, 3.05) is 51.4 Å². The molecule has 0 bridgehead atoms. The van der Waals surface area contributed by atoms with Gasteiger partial charge in [0.15, 0.2) is 5.13 Å². The first-order valence-corrected chi connectivity index (χ1v) is 10.7. The number of ether oxygens (including phenoxy) is 2. The van der Waals surface area contributed by atoms with Gasteiger partial charge in [-0.3, -0.25) is 14.6 Å². The highest BCUT2D eigenvalue weighted by atomic mass is 35.5. The van der Waals surface area contributed by atoms with E-state index in [4.69, 9.17) is 26.1 Å². The van der Waals surface area contributed by atoms with Crippen LogP contribution in [0.15, 0.2) is 42.5 Å². The van der Waals surface area contributed by atoms with Gasteiger partial charge < -0.3 is 9.47 Å². The molecule has 0 unspecified atom stereocenters. The molecule has 29 heavy (non-hydrogen) atoms. The zero-order valence-corrected chi connectivity index (χ0v) is 17.7. The largest absolute Gasteiger partial charge is 0.497 e. The number of thiazole rings is 1. The lowest BCUT2D eigenvalue weighted by atomic mass is 10.2. The number of aromatic nitrogens is 1. The lowest BCUT2D eigenvalue weighted by Gasteiger charge is -2.29. The summed E-state index contributed by atoms with van der Waals surface area (Å²) in [5.74, 6) is 0.666. The Morgan fingerprint density at radius 1 is 1.24 bits per heavy atom. The van der Waals surface area contributed by atoms with Crippen LogP contribution in [0.3, 0.4) is 0 Å². The molecule has 152 valence electrons. The van der Waals surface area contributed by atoms with Gasteiger partial charge in [0, 0.05) is 42.8 Å². The minimum Gasteiger partial charge on any atom is -0.497 e. The number of methoxy groups -OCH3 is 1. The number of nitrogens with zero attached hydrogens (tertiary/aromatic N) is 3. The van der Waals surface area contributed by atoms with Crippen LogP contribution >= 0.6 is 22.9 Å². The monoisotopic (exact) mass is 431 g/mol. The fraction of sp³-hybridized carbons (Fsp3) is 0.333. The molecule has 8 heteroatoms. The van der Waals surface area contributed by atoms with E-state index in [-0.39, 0.29) is 5.91 Å². The summed E-state index contributed by atoms with van der Waals surface area (Å²) in [5, 5.41) is 1.29. The molecule has 1 fully saturated rings. The third-order valence-corrected chi connectivity index (χ3v) is 6.21. The smallest absolute Gasteiger partial charge is 0.260 e. The van der Waals surface area contributed by atoms with Gasteiger partial charge >= 0.3 is 0 Å². The van der Waals surface area contributed by atoms with Crippen LogP contribution in [0.1, 0.15) is 10.4 Å². The van der Waals surface area contributed by atoms with Crippen LogP contribution in [0.5, 0.6) is 5.75 Å². The van der Waals surface area contributed by atoms with E-state index in [2.05, 4.69) is 4.90 Å². The van der Waals surface area contributed by atoms with Gasteiger partial charge in [0.1, 0.15) is 5.75 Å². The van der Waals surface area contributed by atoms with Crippen molar-refractivity contribution in [3.63, 3.8) is 0 Å². The van der Waals surface area contributed by atoms with Crippen LogP contribution in [0.2, 0.25) is 5.02 Å². The molecule has 0 N–H and O–H groups in total. The zero-order chi connectivity index (χ0) is 20.2. The summed E-state index contributed by atoms with van der Waals surface area (Å²) in [4.78, 5) is 22.1. The van der Waals surface area contributed by atoms with Gasteiger partial charge in [-0.1, -0.05) is 22.9 Å². The fourth-order valence-corrected chi connectivity index (χ4v) is 4.33. The van der Waals surface area contributed by atoms with Crippen LogP contribution in [0, 0.1) is 0 Å². The number of amides is 1. The molecular weight excluding hydrogens is 410 g/mol. The average molecular weight is 432 g/mol. The molecular formula is C21H22ClN3O3S. The molecule has 0 saturated carbocycles. The highest BCUT2D eigenvalue weighted by molar-refractivity contribution is 7.22. The van der Waals surface area contributed by atoms with Crippen LogP contribution in [-0.4, -0.2) is 62.3 Å². The van der Waals surface area contributed by atoms with Gasteiger partial charge in [-0.15, -0.1) is 0 Å². The summed E-state index contributed by atoms with van der Waals surface area (Å²) >= 11 is 7.50. The molecule has 0 radical (unpaired) electrons. The van der Waals surface area contributed by atoms with Gasteiger partial charge in [-0.25, -0.2) is 4.98 Å². The summed E-state index contributed by atoms with van der Waals surface area (Å²) in [6, 6.07) is 12.7. The van der Waals surface area contributed by atoms with Crippen LogP contribution in [0.25, 0.3) is 10.2 Å². The first kappa shape index (κ1) is 20.1. The molecule has 1 amide bonds. The van der Waals surface area contributed by atoms with E-state index < -0.39 is 0 Å². The molecule has 1 aliphatic heterocycles. The van der Waals surface area contributed by atoms with Crippen LogP contribution in [-0.2, 0) is 4.74 Å². The molecule has 3 aromatic rings. The van der Waals surface area contributed by atoms with E-state index in [1.807, 2.05) is 18.2 Å². The maximum absolute atomic E-state index is 13.3. The Bertz CT molecular complexity index is 987. The Hall–Kier alpha value is -2.19. The molecule has 0 atom stereocenters. The third kappa shape index (κ3) is 4.70. The van der Waals surface area contributed by atoms with Gasteiger partial charge in [0.25, 0.3) is 5.91 Å². The second-order valence-corrected chi connectivity index (χ2v) is 8.19. The maximum Gasteiger partial charge on any atom is 0.260 e. The Morgan fingerprint density at radius 3 is 2.72 bits per heavy atom. The van der Waals surface area contributed by atoms with E-state index in [1.54, 1.807) is 36.3 Å². The predicted molar refractivity (Wildman–Crippen MR) is 117 cm³/mol. The summed E-state index contributed by atoms with van der Waals surface area (Å²) in [7, 11) is 1.63. The SMILES string of the molecule is COc1ccc2sc(N(CCN3CCOCC3)C(=O)c3ccc(Cl)cc3)nc2c1. The second kappa shape index (κ2) is 9.09. The minimum atomic E-state index is -0.0825. The number of carbonyl (C=O) groups excluding carboxylic acids is 1. The predicted octanol–water partition coefficient (Wildman–Crippen LogP) is 3.94. The van der Waals surface area contributed by atoms with Gasteiger partial charge in [0.2, 0.25) is 0 Å². The standard InChI is InChI=1S/C21H22ClN3O3S/c1-27-17-6-7-19-18(14-17)23-21(29-19)25(9-8-24-10-12-28-13-11-24)20(26)15-2-4-16(22)5-3-15/h2-7,14H,8-13H2,1H3. The molecule has 6 nitrogen and oxygen atoms in total. The highest BCUT2D eigenvalue weighted by Gasteiger charge is 2.23. The number of rotatable bonds is 6. The first-order chi connectivity index (χ1) is 14.1. The number of anilines is 1. The van der Waals surface area contributed by atoms with Gasteiger partial charge in [0.05, 0.1) is 30.5 Å². The minimum absolute atomic E-state index is 0.0825. The van der Waals surface area contributed by atoms with Crippen LogP contribution < -0.4 is 9.64 Å². The van der Waals surface area contributed by atoms with Crippen molar-refractivity contribution >= 4 is 44.2 Å². The summed E-state index contributed by atoms with van der Waals surface area (Å²) in [5.41, 5.74) is 1.41. The summed E-state index contributed by atoms with van der Waals surface area (Å²) in [6.07, 6.45) is 0. The van der Waals surface area contributed by atoms with Crippen molar-refractivity contribution in [3.8, 4) is 5.75 Å². The molecule has 4 rings (SSSR count). The molecule has 0 aliphatic carbocycles. The van der Waals surface area contributed by atoms with Crippen LogP contribution in [0.4, 0.5) is 5.13 Å². The number of hydrogen-bond donors (Lipinski definition) is 0. The maximum atomic E-state index is 13.3. The number of benzene rings is 2. The van der Waals surface area contributed by atoms with E-state index >= 15 is 0 Å². The highest BCUT2D eigenvalue weighted by Crippen LogP contribution is 2.32. The Kier molecular flexibility index (Phi) is 6.30. The molecule has 1 saturated heterocycles.